The van der Waals surface area contributed by atoms with E-state index in [1.165, 1.54) is 4.90 Å². The van der Waals surface area contributed by atoms with Crippen LogP contribution in [0.2, 0.25) is 0 Å². The number of nitrogens with zero attached hydrogens (tertiary/aromatic N) is 1. The predicted octanol–water partition coefficient (Wildman–Crippen LogP) is 3.39. The smallest absolute Gasteiger partial charge is 0.272 e. The van der Waals surface area contributed by atoms with E-state index in [9.17, 15) is 4.79 Å². The van der Waals surface area contributed by atoms with E-state index >= 15 is 0 Å². The lowest BCUT2D eigenvalue weighted by molar-refractivity contribution is 0.0948. The van der Waals surface area contributed by atoms with Gasteiger partial charge in [0.05, 0.1) is 4.47 Å². The summed E-state index contributed by atoms with van der Waals surface area (Å²) >= 11 is 5.14. The minimum Gasteiger partial charge on any atom is -0.351 e. The number of aromatic nitrogens is 2. The Balaban J connectivity index is 1.69. The van der Waals surface area contributed by atoms with Gasteiger partial charge in [0, 0.05) is 17.1 Å². The molecule has 0 fully saturated rings. The number of benzene rings is 1. The lowest BCUT2D eigenvalue weighted by Gasteiger charge is -2.04. The molecule has 1 aromatic carbocycles. The Morgan fingerprint density at radius 3 is 2.80 bits per heavy atom. The van der Waals surface area contributed by atoms with Crippen molar-refractivity contribution in [3.8, 4) is 0 Å². The maximum atomic E-state index is 11.9. The molecule has 2 rings (SSSR count). The van der Waals surface area contributed by atoms with Gasteiger partial charge in [0.25, 0.3) is 5.91 Å². The maximum Gasteiger partial charge on any atom is 0.272 e. The van der Waals surface area contributed by atoms with Crippen LogP contribution >= 0.6 is 27.7 Å². The van der Waals surface area contributed by atoms with E-state index in [1.807, 2.05) is 25.1 Å². The number of H-pyrrole nitrogens is 1. The molecule has 20 heavy (non-hydrogen) atoms. The molecule has 4 nitrogen and oxygen atoms in total. The van der Waals surface area contributed by atoms with Crippen molar-refractivity contribution in [2.24, 2.45) is 0 Å². The van der Waals surface area contributed by atoms with Gasteiger partial charge in [-0.1, -0.05) is 18.2 Å². The van der Waals surface area contributed by atoms with Gasteiger partial charge in [0.2, 0.25) is 0 Å². The molecule has 1 aromatic heterocycles. The molecule has 1 heterocycles. The molecule has 0 aliphatic rings. The van der Waals surface area contributed by atoms with Crippen LogP contribution in [-0.4, -0.2) is 28.4 Å². The molecule has 0 aliphatic carbocycles. The fraction of sp³-hybridized carbons (Fsp3) is 0.286. The number of halogens is 1. The van der Waals surface area contributed by atoms with Gasteiger partial charge < -0.3 is 5.32 Å². The third kappa shape index (κ3) is 4.11. The van der Waals surface area contributed by atoms with Gasteiger partial charge in [0.15, 0.2) is 5.69 Å². The largest absolute Gasteiger partial charge is 0.351 e. The zero-order valence-electron chi connectivity index (χ0n) is 11.1. The van der Waals surface area contributed by atoms with Crippen molar-refractivity contribution in [1.29, 1.82) is 0 Å². The van der Waals surface area contributed by atoms with E-state index in [0.717, 1.165) is 22.3 Å². The molecular weight excluding hydrogens is 338 g/mol. The molecule has 0 radical (unpaired) electrons. The molecule has 0 spiro atoms. The monoisotopic (exact) mass is 353 g/mol. The highest BCUT2D eigenvalue weighted by molar-refractivity contribution is 9.10. The minimum absolute atomic E-state index is 0.147. The van der Waals surface area contributed by atoms with Gasteiger partial charge in [0.1, 0.15) is 0 Å². The van der Waals surface area contributed by atoms with Crippen molar-refractivity contribution in [3.05, 3.63) is 46.2 Å². The molecule has 2 N–H and O–H groups in total. The summed E-state index contributed by atoms with van der Waals surface area (Å²) in [5, 5.41) is 9.63. The first-order valence-corrected chi connectivity index (χ1v) is 8.13. The first-order valence-electron chi connectivity index (χ1n) is 6.35. The van der Waals surface area contributed by atoms with Gasteiger partial charge in [-0.2, -0.15) is 5.10 Å². The molecular formula is C14H16BrN3OS. The molecule has 0 unspecified atom stereocenters. The summed E-state index contributed by atoms with van der Waals surface area (Å²) < 4.78 is 0.730. The highest BCUT2D eigenvalue weighted by atomic mass is 79.9. The molecule has 0 aliphatic heterocycles. The van der Waals surface area contributed by atoms with Gasteiger partial charge in [-0.15, -0.1) is 11.8 Å². The lowest BCUT2D eigenvalue weighted by Crippen LogP contribution is -2.25. The first kappa shape index (κ1) is 15.1. The number of hydrogen-bond acceptors (Lipinski definition) is 3. The third-order valence-electron chi connectivity index (χ3n) is 2.71. The van der Waals surface area contributed by atoms with Crippen LogP contribution in [0.4, 0.5) is 0 Å². The summed E-state index contributed by atoms with van der Waals surface area (Å²) in [7, 11) is 0. The Kier molecular flexibility index (Phi) is 5.67. The fourth-order valence-corrected chi connectivity index (χ4v) is 2.86. The van der Waals surface area contributed by atoms with Crippen molar-refractivity contribution in [2.75, 3.05) is 12.3 Å². The molecule has 2 aromatic rings. The highest BCUT2D eigenvalue weighted by Gasteiger charge is 2.14. The van der Waals surface area contributed by atoms with Crippen LogP contribution in [-0.2, 0) is 0 Å². The molecule has 0 saturated carbocycles. The van der Waals surface area contributed by atoms with Crippen LogP contribution in [0.25, 0.3) is 0 Å². The van der Waals surface area contributed by atoms with Gasteiger partial charge in [-0.25, -0.2) is 0 Å². The standard InChI is InChI=1S/C14H16BrN3OS/c1-10-12(15)13(18-17-10)14(19)16-8-5-9-20-11-6-3-2-4-7-11/h2-4,6-7H,5,8-9H2,1H3,(H,16,19)(H,17,18). The molecule has 0 bridgehead atoms. The van der Waals surface area contributed by atoms with E-state index in [0.29, 0.717) is 12.2 Å². The Hall–Kier alpha value is -1.27. The molecule has 6 heteroatoms. The second-order valence-electron chi connectivity index (χ2n) is 4.28. The quantitative estimate of drug-likeness (QED) is 0.618. The van der Waals surface area contributed by atoms with Crippen LogP contribution in [0.3, 0.4) is 0 Å². The van der Waals surface area contributed by atoms with Crippen LogP contribution in [0.5, 0.6) is 0 Å². The molecule has 1 amide bonds. The van der Waals surface area contributed by atoms with Crippen LogP contribution in [0, 0.1) is 6.92 Å². The molecule has 0 atom stereocenters. The van der Waals surface area contributed by atoms with Gasteiger partial charge >= 0.3 is 0 Å². The molecule has 106 valence electrons. The zero-order valence-corrected chi connectivity index (χ0v) is 13.6. The van der Waals surface area contributed by atoms with Crippen molar-refractivity contribution < 1.29 is 4.79 Å². The number of amides is 1. The van der Waals surface area contributed by atoms with Crippen molar-refractivity contribution in [3.63, 3.8) is 0 Å². The first-order chi connectivity index (χ1) is 9.68. The number of aromatic amines is 1. The predicted molar refractivity (Wildman–Crippen MR) is 85.1 cm³/mol. The second kappa shape index (κ2) is 7.50. The summed E-state index contributed by atoms with van der Waals surface area (Å²) in [6.07, 6.45) is 0.923. The number of rotatable bonds is 6. The normalized spacial score (nSPS) is 10.5. The fourth-order valence-electron chi connectivity index (χ4n) is 1.63. The van der Waals surface area contributed by atoms with E-state index < -0.39 is 0 Å². The number of nitrogens with one attached hydrogen (secondary N) is 2. The Morgan fingerprint density at radius 1 is 1.40 bits per heavy atom. The Bertz CT molecular complexity index is 571. The summed E-state index contributed by atoms with van der Waals surface area (Å²) in [5.41, 5.74) is 1.27. The Labute approximate surface area is 130 Å². The van der Waals surface area contributed by atoms with E-state index in [-0.39, 0.29) is 5.91 Å². The molecule has 0 saturated heterocycles. The number of carbonyl (C=O) groups is 1. The van der Waals surface area contributed by atoms with Gasteiger partial charge in [-0.3, -0.25) is 9.89 Å². The zero-order chi connectivity index (χ0) is 14.4. The summed E-state index contributed by atoms with van der Waals surface area (Å²) in [5.74, 6) is 0.830. The number of thioether (sulfide) groups is 1. The number of carbonyl (C=O) groups excluding carboxylic acids is 1. The lowest BCUT2D eigenvalue weighted by atomic mass is 10.3. The number of aryl methyl sites for hydroxylation is 1. The van der Waals surface area contributed by atoms with Crippen LogP contribution < -0.4 is 5.32 Å². The summed E-state index contributed by atoms with van der Waals surface area (Å²) in [6.45, 7) is 2.52. The third-order valence-corrected chi connectivity index (χ3v) is 4.77. The SMILES string of the molecule is Cc1[nH]nc(C(=O)NCCCSc2ccccc2)c1Br. The van der Waals surface area contributed by atoms with E-state index in [2.05, 4.69) is 43.6 Å². The van der Waals surface area contributed by atoms with Gasteiger partial charge in [-0.05, 0) is 47.2 Å². The Morgan fingerprint density at radius 2 is 2.15 bits per heavy atom. The second-order valence-corrected chi connectivity index (χ2v) is 6.24. The van der Waals surface area contributed by atoms with Crippen molar-refractivity contribution in [2.45, 2.75) is 18.2 Å². The average molecular weight is 354 g/mol. The summed E-state index contributed by atoms with van der Waals surface area (Å²) in [4.78, 5) is 13.1. The minimum atomic E-state index is -0.147. The average Bonchev–Trinajstić information content (AvgIpc) is 2.80. The maximum absolute atomic E-state index is 11.9. The number of hydrogen-bond donors (Lipinski definition) is 2. The van der Waals surface area contributed by atoms with E-state index in [4.69, 9.17) is 0 Å². The van der Waals surface area contributed by atoms with Crippen molar-refractivity contribution >= 4 is 33.6 Å². The summed E-state index contributed by atoms with van der Waals surface area (Å²) in [6, 6.07) is 10.2. The van der Waals surface area contributed by atoms with E-state index in [1.54, 1.807) is 11.8 Å². The van der Waals surface area contributed by atoms with Crippen molar-refractivity contribution in [1.82, 2.24) is 15.5 Å². The van der Waals surface area contributed by atoms with Crippen LogP contribution in [0.15, 0.2) is 39.7 Å². The van der Waals surface area contributed by atoms with Crippen LogP contribution in [0.1, 0.15) is 22.6 Å². The topological polar surface area (TPSA) is 57.8 Å². The highest BCUT2D eigenvalue weighted by Crippen LogP contribution is 2.18.